The lowest BCUT2D eigenvalue weighted by Gasteiger charge is -2.25. The number of benzene rings is 3. The maximum Gasteiger partial charge on any atom is 0.0982 e. The highest BCUT2D eigenvalue weighted by molar-refractivity contribution is 5.88. The molecule has 1 aromatic heterocycles. The van der Waals surface area contributed by atoms with Crippen LogP contribution in [-0.2, 0) is 0 Å². The fraction of sp³-hybridized carbons (Fsp3) is 0. The van der Waals surface area contributed by atoms with E-state index in [2.05, 4.69) is 71.6 Å². The molecule has 0 fully saturated rings. The molecule has 0 unspecified atom stereocenters. The van der Waals surface area contributed by atoms with Crippen molar-refractivity contribution in [3.05, 3.63) is 91.4 Å². The fourth-order valence-electron chi connectivity index (χ4n) is 2.69. The molecule has 2 nitrogen and oxygen atoms in total. The number of fused-ring (bicyclic) bond motifs is 1. The Morgan fingerprint density at radius 2 is 1.14 bits per heavy atom. The Morgan fingerprint density at radius 1 is 0.545 bits per heavy atom. The number of hydrogen-bond acceptors (Lipinski definition) is 2. The van der Waals surface area contributed by atoms with Gasteiger partial charge in [0.1, 0.15) is 0 Å². The number of furan rings is 1. The van der Waals surface area contributed by atoms with Crippen LogP contribution in [0.4, 0.5) is 17.1 Å². The first-order chi connectivity index (χ1) is 10.9. The molecule has 1 heterocycles. The standard InChI is InChI=1S/C20H15NO/c1-3-7-18(8-4-1)21(19-9-5-2-6-10-19)20-12-11-16-14-22-15-17(16)13-20/h1-15H. The van der Waals surface area contributed by atoms with Crippen molar-refractivity contribution >= 4 is 27.8 Å². The number of anilines is 3. The number of rotatable bonds is 3. The van der Waals surface area contributed by atoms with Crippen molar-refractivity contribution in [1.29, 1.82) is 0 Å². The van der Waals surface area contributed by atoms with Crippen molar-refractivity contribution in [2.45, 2.75) is 0 Å². The Balaban J connectivity index is 1.90. The van der Waals surface area contributed by atoms with Gasteiger partial charge in [0, 0.05) is 27.8 Å². The minimum atomic E-state index is 1.11. The lowest BCUT2D eigenvalue weighted by atomic mass is 10.1. The summed E-state index contributed by atoms with van der Waals surface area (Å²) in [4.78, 5) is 2.24. The summed E-state index contributed by atoms with van der Waals surface area (Å²) in [6, 6.07) is 27.1. The van der Waals surface area contributed by atoms with Crippen molar-refractivity contribution in [3.8, 4) is 0 Å². The SMILES string of the molecule is c1ccc(N(c2ccccc2)c2ccc3cocc3c2)cc1. The van der Waals surface area contributed by atoms with E-state index in [-0.39, 0.29) is 0 Å². The molecular weight excluding hydrogens is 270 g/mol. The van der Waals surface area contributed by atoms with E-state index in [0.717, 1.165) is 27.8 Å². The summed E-state index contributed by atoms with van der Waals surface area (Å²) in [7, 11) is 0. The Kier molecular flexibility index (Phi) is 3.13. The van der Waals surface area contributed by atoms with Gasteiger partial charge in [0.25, 0.3) is 0 Å². The van der Waals surface area contributed by atoms with Crippen LogP contribution in [0, 0.1) is 0 Å². The second-order valence-corrected chi connectivity index (χ2v) is 5.19. The molecule has 0 radical (unpaired) electrons. The maximum absolute atomic E-state index is 5.29. The van der Waals surface area contributed by atoms with E-state index in [4.69, 9.17) is 4.42 Å². The van der Waals surface area contributed by atoms with Crippen molar-refractivity contribution in [3.63, 3.8) is 0 Å². The molecule has 0 spiro atoms. The summed E-state index contributed by atoms with van der Waals surface area (Å²) in [6.45, 7) is 0. The van der Waals surface area contributed by atoms with Crippen molar-refractivity contribution in [2.75, 3.05) is 4.90 Å². The lowest BCUT2D eigenvalue weighted by molar-refractivity contribution is 0.572. The Bertz CT molecular complexity index is 842. The van der Waals surface area contributed by atoms with E-state index >= 15 is 0 Å². The number of nitrogens with zero attached hydrogens (tertiary/aromatic N) is 1. The monoisotopic (exact) mass is 285 g/mol. The summed E-state index contributed by atoms with van der Waals surface area (Å²) < 4.78 is 5.29. The van der Waals surface area contributed by atoms with Gasteiger partial charge in [-0.15, -0.1) is 0 Å². The molecule has 0 saturated carbocycles. The average Bonchev–Trinajstić information content (AvgIpc) is 3.05. The third-order valence-corrected chi connectivity index (χ3v) is 3.75. The van der Waals surface area contributed by atoms with E-state index < -0.39 is 0 Å². The van der Waals surface area contributed by atoms with Gasteiger partial charge in [-0.25, -0.2) is 0 Å². The fourth-order valence-corrected chi connectivity index (χ4v) is 2.69. The summed E-state index contributed by atoms with van der Waals surface area (Å²) in [5.74, 6) is 0. The van der Waals surface area contributed by atoms with E-state index in [9.17, 15) is 0 Å². The Hall–Kier alpha value is -3.00. The largest absolute Gasteiger partial charge is 0.471 e. The molecule has 0 saturated heterocycles. The van der Waals surface area contributed by atoms with E-state index in [1.165, 1.54) is 0 Å². The van der Waals surface area contributed by atoms with Crippen LogP contribution in [0.3, 0.4) is 0 Å². The van der Waals surface area contributed by atoms with Gasteiger partial charge in [0.15, 0.2) is 0 Å². The first kappa shape index (κ1) is 12.7. The average molecular weight is 285 g/mol. The number of hydrogen-bond donors (Lipinski definition) is 0. The Labute approximate surface area is 129 Å². The van der Waals surface area contributed by atoms with Crippen molar-refractivity contribution in [2.24, 2.45) is 0 Å². The zero-order valence-electron chi connectivity index (χ0n) is 12.0. The van der Waals surface area contributed by atoms with Crippen molar-refractivity contribution in [1.82, 2.24) is 0 Å². The van der Waals surface area contributed by atoms with Gasteiger partial charge in [0.2, 0.25) is 0 Å². The minimum Gasteiger partial charge on any atom is -0.471 e. The predicted octanol–water partition coefficient (Wildman–Crippen LogP) is 5.90. The van der Waals surface area contributed by atoms with Gasteiger partial charge in [-0.1, -0.05) is 36.4 Å². The lowest BCUT2D eigenvalue weighted by Crippen LogP contribution is -2.09. The van der Waals surface area contributed by atoms with E-state index in [1.54, 1.807) is 12.5 Å². The molecule has 0 N–H and O–H groups in total. The quantitative estimate of drug-likeness (QED) is 0.465. The third-order valence-electron chi connectivity index (χ3n) is 3.75. The van der Waals surface area contributed by atoms with Crippen LogP contribution < -0.4 is 4.90 Å². The second-order valence-electron chi connectivity index (χ2n) is 5.19. The molecule has 0 bridgehead atoms. The molecule has 4 aromatic rings. The van der Waals surface area contributed by atoms with Gasteiger partial charge in [-0.3, -0.25) is 0 Å². The van der Waals surface area contributed by atoms with Crippen LogP contribution >= 0.6 is 0 Å². The molecular formula is C20H15NO. The highest BCUT2D eigenvalue weighted by Crippen LogP contribution is 2.35. The Morgan fingerprint density at radius 3 is 1.77 bits per heavy atom. The molecule has 106 valence electrons. The van der Waals surface area contributed by atoms with Crippen LogP contribution in [0.1, 0.15) is 0 Å². The smallest absolute Gasteiger partial charge is 0.0982 e. The zero-order valence-corrected chi connectivity index (χ0v) is 12.0. The predicted molar refractivity (Wildman–Crippen MR) is 90.9 cm³/mol. The third kappa shape index (κ3) is 2.25. The van der Waals surface area contributed by atoms with E-state index in [1.807, 2.05) is 12.1 Å². The van der Waals surface area contributed by atoms with Crippen LogP contribution in [0.15, 0.2) is 95.8 Å². The zero-order chi connectivity index (χ0) is 14.8. The van der Waals surface area contributed by atoms with Gasteiger partial charge in [-0.05, 0) is 42.5 Å². The molecule has 22 heavy (non-hydrogen) atoms. The first-order valence-corrected chi connectivity index (χ1v) is 7.28. The van der Waals surface area contributed by atoms with Crippen molar-refractivity contribution < 1.29 is 4.42 Å². The highest BCUT2D eigenvalue weighted by Gasteiger charge is 2.12. The minimum absolute atomic E-state index is 1.11. The van der Waals surface area contributed by atoms with Crippen LogP contribution in [0.5, 0.6) is 0 Å². The maximum atomic E-state index is 5.29. The molecule has 3 aromatic carbocycles. The van der Waals surface area contributed by atoms with Crippen LogP contribution in [0.2, 0.25) is 0 Å². The van der Waals surface area contributed by atoms with Crippen LogP contribution in [-0.4, -0.2) is 0 Å². The molecule has 0 aliphatic heterocycles. The topological polar surface area (TPSA) is 16.4 Å². The summed E-state index contributed by atoms with van der Waals surface area (Å²) >= 11 is 0. The molecule has 0 amide bonds. The second kappa shape index (κ2) is 5.41. The normalized spacial score (nSPS) is 10.7. The molecule has 0 aliphatic carbocycles. The summed E-state index contributed by atoms with van der Waals surface area (Å²) in [5.41, 5.74) is 3.39. The van der Waals surface area contributed by atoms with Crippen LogP contribution in [0.25, 0.3) is 10.8 Å². The van der Waals surface area contributed by atoms with E-state index in [0.29, 0.717) is 0 Å². The summed E-state index contributed by atoms with van der Waals surface area (Å²) in [6.07, 6.45) is 3.56. The van der Waals surface area contributed by atoms with Gasteiger partial charge >= 0.3 is 0 Å². The highest BCUT2D eigenvalue weighted by atomic mass is 16.3. The molecule has 0 aliphatic rings. The van der Waals surface area contributed by atoms with Gasteiger partial charge < -0.3 is 9.32 Å². The molecule has 0 atom stereocenters. The van der Waals surface area contributed by atoms with Gasteiger partial charge in [-0.2, -0.15) is 0 Å². The summed E-state index contributed by atoms with van der Waals surface area (Å²) in [5, 5.41) is 2.22. The molecule has 2 heteroatoms. The molecule has 4 rings (SSSR count). The first-order valence-electron chi connectivity index (χ1n) is 7.28. The van der Waals surface area contributed by atoms with Gasteiger partial charge in [0.05, 0.1) is 12.5 Å². The number of para-hydroxylation sites is 2.